The molecule has 9 heteroatoms. The van der Waals surface area contributed by atoms with Crippen molar-refractivity contribution in [1.29, 1.82) is 0 Å². The van der Waals surface area contributed by atoms with Gasteiger partial charge in [0.25, 0.3) is 11.6 Å². The van der Waals surface area contributed by atoms with Gasteiger partial charge in [-0.1, -0.05) is 6.07 Å². The number of nitro groups is 1. The van der Waals surface area contributed by atoms with Crippen molar-refractivity contribution in [3.8, 4) is 0 Å². The molecule has 2 aromatic rings. The molecule has 0 N–H and O–H groups in total. The predicted octanol–water partition coefficient (Wildman–Crippen LogP) is 2.81. The zero-order chi connectivity index (χ0) is 22.3. The number of amides is 1. The van der Waals surface area contributed by atoms with Gasteiger partial charge in [-0.3, -0.25) is 14.9 Å². The fourth-order valence-electron chi connectivity index (χ4n) is 4.42. The van der Waals surface area contributed by atoms with E-state index < -0.39 is 4.92 Å². The Morgan fingerprint density at radius 3 is 2.58 bits per heavy atom. The first-order chi connectivity index (χ1) is 14.7. The molecule has 0 spiro atoms. The second-order valence-corrected chi connectivity index (χ2v) is 8.42. The highest BCUT2D eigenvalue weighted by molar-refractivity contribution is 5.95. The maximum absolute atomic E-state index is 13.2. The SMILES string of the molecule is Cc1nc2c(c(N3CC(C)OC(C)C3)n1)CN(C(=O)c1ccc(C)c([N+](=O)[O-])c1)CC2. The summed E-state index contributed by atoms with van der Waals surface area (Å²) in [6.07, 6.45) is 0.800. The van der Waals surface area contributed by atoms with Crippen LogP contribution in [-0.2, 0) is 17.7 Å². The highest BCUT2D eigenvalue weighted by atomic mass is 16.6. The van der Waals surface area contributed by atoms with Gasteiger partial charge >= 0.3 is 0 Å². The van der Waals surface area contributed by atoms with Crippen molar-refractivity contribution in [3.05, 3.63) is 56.5 Å². The number of anilines is 1. The summed E-state index contributed by atoms with van der Waals surface area (Å²) in [5.41, 5.74) is 2.73. The molecule has 1 fully saturated rings. The lowest BCUT2D eigenvalue weighted by Crippen LogP contribution is -2.47. The monoisotopic (exact) mass is 425 g/mol. The number of hydrogen-bond acceptors (Lipinski definition) is 7. The van der Waals surface area contributed by atoms with E-state index in [2.05, 4.69) is 9.88 Å². The lowest BCUT2D eigenvalue weighted by atomic mass is 10.0. The van der Waals surface area contributed by atoms with Crippen LogP contribution in [0.25, 0.3) is 0 Å². The summed E-state index contributed by atoms with van der Waals surface area (Å²) in [7, 11) is 0. The molecule has 2 aliphatic rings. The maximum Gasteiger partial charge on any atom is 0.273 e. The van der Waals surface area contributed by atoms with Gasteiger partial charge in [0.1, 0.15) is 11.6 Å². The number of carbonyl (C=O) groups is 1. The van der Waals surface area contributed by atoms with Crippen LogP contribution in [0.3, 0.4) is 0 Å². The lowest BCUT2D eigenvalue weighted by Gasteiger charge is -2.38. The van der Waals surface area contributed by atoms with Gasteiger partial charge in [0, 0.05) is 48.8 Å². The minimum atomic E-state index is -0.451. The number of aromatic nitrogens is 2. The van der Waals surface area contributed by atoms with Crippen LogP contribution in [0, 0.1) is 24.0 Å². The first kappa shape index (κ1) is 21.2. The van der Waals surface area contributed by atoms with E-state index >= 15 is 0 Å². The van der Waals surface area contributed by atoms with Crippen molar-refractivity contribution >= 4 is 17.4 Å². The van der Waals surface area contributed by atoms with Gasteiger partial charge in [0.05, 0.1) is 29.4 Å². The van der Waals surface area contributed by atoms with E-state index in [9.17, 15) is 14.9 Å². The Bertz CT molecular complexity index is 1030. The summed E-state index contributed by atoms with van der Waals surface area (Å²) in [6, 6.07) is 4.64. The molecule has 31 heavy (non-hydrogen) atoms. The van der Waals surface area contributed by atoms with Crippen LogP contribution in [0.15, 0.2) is 18.2 Å². The molecule has 3 heterocycles. The van der Waals surface area contributed by atoms with E-state index in [4.69, 9.17) is 9.72 Å². The van der Waals surface area contributed by atoms with Crippen LogP contribution in [0.5, 0.6) is 0 Å². The summed E-state index contributed by atoms with van der Waals surface area (Å²) < 4.78 is 5.86. The van der Waals surface area contributed by atoms with Crippen LogP contribution in [0.4, 0.5) is 11.5 Å². The average molecular weight is 425 g/mol. The van der Waals surface area contributed by atoms with Gasteiger partial charge in [0.15, 0.2) is 0 Å². The minimum Gasteiger partial charge on any atom is -0.372 e. The third-order valence-corrected chi connectivity index (χ3v) is 5.81. The van der Waals surface area contributed by atoms with E-state index in [1.54, 1.807) is 24.0 Å². The number of ether oxygens (including phenoxy) is 1. The minimum absolute atomic E-state index is 0.0424. The molecule has 1 aromatic heterocycles. The third-order valence-electron chi connectivity index (χ3n) is 5.81. The smallest absolute Gasteiger partial charge is 0.273 e. The van der Waals surface area contributed by atoms with Crippen molar-refractivity contribution in [2.45, 2.75) is 52.9 Å². The largest absolute Gasteiger partial charge is 0.372 e. The van der Waals surface area contributed by atoms with E-state index in [-0.39, 0.29) is 23.8 Å². The first-order valence-corrected chi connectivity index (χ1v) is 10.5. The molecule has 2 atom stereocenters. The van der Waals surface area contributed by atoms with Crippen molar-refractivity contribution in [1.82, 2.24) is 14.9 Å². The quantitative estimate of drug-likeness (QED) is 0.550. The molecule has 4 rings (SSSR count). The van der Waals surface area contributed by atoms with Gasteiger partial charge in [-0.15, -0.1) is 0 Å². The Labute approximate surface area is 181 Å². The van der Waals surface area contributed by atoms with Crippen molar-refractivity contribution < 1.29 is 14.5 Å². The van der Waals surface area contributed by atoms with Gasteiger partial charge < -0.3 is 14.5 Å². The van der Waals surface area contributed by atoms with Crippen molar-refractivity contribution in [3.63, 3.8) is 0 Å². The molecular weight excluding hydrogens is 398 g/mol. The van der Waals surface area contributed by atoms with Crippen LogP contribution >= 0.6 is 0 Å². The van der Waals surface area contributed by atoms with Crippen LogP contribution in [0.2, 0.25) is 0 Å². The highest BCUT2D eigenvalue weighted by Gasteiger charge is 2.31. The predicted molar refractivity (Wildman–Crippen MR) is 115 cm³/mol. The fourth-order valence-corrected chi connectivity index (χ4v) is 4.42. The van der Waals surface area contributed by atoms with E-state index in [0.29, 0.717) is 30.6 Å². The number of benzene rings is 1. The number of rotatable bonds is 3. The second-order valence-electron chi connectivity index (χ2n) is 8.42. The van der Waals surface area contributed by atoms with Gasteiger partial charge in [-0.05, 0) is 33.8 Å². The molecule has 0 aliphatic carbocycles. The van der Waals surface area contributed by atoms with Gasteiger partial charge in [-0.2, -0.15) is 0 Å². The lowest BCUT2D eigenvalue weighted by molar-refractivity contribution is -0.385. The molecule has 9 nitrogen and oxygen atoms in total. The molecule has 0 bridgehead atoms. The number of morpholine rings is 1. The first-order valence-electron chi connectivity index (χ1n) is 10.5. The number of nitro benzene ring substituents is 1. The summed E-state index contributed by atoms with van der Waals surface area (Å²) in [6.45, 7) is 9.99. The Kier molecular flexibility index (Phi) is 5.62. The third kappa shape index (κ3) is 4.23. The number of fused-ring (bicyclic) bond motifs is 1. The van der Waals surface area contributed by atoms with E-state index in [1.165, 1.54) is 6.07 Å². The van der Waals surface area contributed by atoms with E-state index in [1.807, 2.05) is 20.8 Å². The fraction of sp³-hybridized carbons (Fsp3) is 0.500. The Balaban J connectivity index is 1.64. The van der Waals surface area contributed by atoms with Crippen LogP contribution < -0.4 is 4.90 Å². The maximum atomic E-state index is 13.2. The molecule has 164 valence electrons. The van der Waals surface area contributed by atoms with Crippen molar-refractivity contribution in [2.75, 3.05) is 24.5 Å². The summed E-state index contributed by atoms with van der Waals surface area (Å²) in [4.78, 5) is 37.3. The molecule has 2 unspecified atom stereocenters. The Morgan fingerprint density at radius 1 is 1.19 bits per heavy atom. The molecule has 1 amide bonds. The Morgan fingerprint density at radius 2 is 1.90 bits per heavy atom. The van der Waals surface area contributed by atoms with Gasteiger partial charge in [-0.25, -0.2) is 9.97 Å². The molecular formula is C22H27N5O4. The molecule has 1 saturated heterocycles. The van der Waals surface area contributed by atoms with Crippen LogP contribution in [-0.4, -0.2) is 57.5 Å². The van der Waals surface area contributed by atoms with Crippen molar-refractivity contribution in [2.24, 2.45) is 0 Å². The van der Waals surface area contributed by atoms with E-state index in [0.717, 1.165) is 36.0 Å². The highest BCUT2D eigenvalue weighted by Crippen LogP contribution is 2.30. The molecule has 0 radical (unpaired) electrons. The van der Waals surface area contributed by atoms with Crippen LogP contribution in [0.1, 0.15) is 46.9 Å². The topological polar surface area (TPSA) is 102 Å². The number of aryl methyl sites for hydroxylation is 2. The number of hydrogen-bond donors (Lipinski definition) is 0. The zero-order valence-corrected chi connectivity index (χ0v) is 18.3. The molecule has 2 aliphatic heterocycles. The molecule has 0 saturated carbocycles. The number of carbonyl (C=O) groups excluding carboxylic acids is 1. The number of nitrogens with zero attached hydrogens (tertiary/aromatic N) is 5. The zero-order valence-electron chi connectivity index (χ0n) is 18.3. The standard InChI is InChI=1S/C22H27N5O4/c1-13-5-6-17(9-20(13)27(29)30)22(28)25-8-7-19-18(12-25)21(24-16(4)23-19)26-10-14(2)31-15(3)11-26/h5-6,9,14-15H,7-8,10-12H2,1-4H3. The summed E-state index contributed by atoms with van der Waals surface area (Å²) in [5.74, 6) is 1.36. The normalized spacial score (nSPS) is 21.0. The summed E-state index contributed by atoms with van der Waals surface area (Å²) >= 11 is 0. The summed E-state index contributed by atoms with van der Waals surface area (Å²) in [5, 5.41) is 11.3. The second kappa shape index (κ2) is 8.22. The average Bonchev–Trinajstić information content (AvgIpc) is 2.71. The Hall–Kier alpha value is -3.07. The molecule has 1 aromatic carbocycles. The van der Waals surface area contributed by atoms with Gasteiger partial charge in [0.2, 0.25) is 0 Å².